The van der Waals surface area contributed by atoms with Crippen LogP contribution in [0, 0.1) is 6.92 Å². The summed E-state index contributed by atoms with van der Waals surface area (Å²) < 4.78 is 16.5. The second-order valence-electron chi connectivity index (χ2n) is 5.42. The summed E-state index contributed by atoms with van der Waals surface area (Å²) in [6, 6.07) is 4.11. The van der Waals surface area contributed by atoms with Gasteiger partial charge >= 0.3 is 6.03 Å². The molecule has 0 bridgehead atoms. The molecule has 0 spiro atoms. The van der Waals surface area contributed by atoms with Gasteiger partial charge in [0.15, 0.2) is 5.82 Å². The number of primary amides is 1. The molecule has 0 unspecified atom stereocenters. The zero-order chi connectivity index (χ0) is 18.4. The summed E-state index contributed by atoms with van der Waals surface area (Å²) in [7, 11) is 0. The number of benzene rings is 1. The average molecular weight is 368 g/mol. The van der Waals surface area contributed by atoms with Crippen molar-refractivity contribution >= 4 is 29.1 Å². The van der Waals surface area contributed by atoms with E-state index < -0.39 is 6.03 Å². The molecule has 7 nitrogen and oxygen atoms in total. The van der Waals surface area contributed by atoms with Crippen LogP contribution in [0.15, 0.2) is 22.7 Å². The standard InChI is InChI=1S/C17H22ClN3O4/c1-4-6-23-14-10-15(24-7-5-2)13(9-12(14)18)21(17(19)22)16-8-11(3)25-20-16/h8-10H,4-7H2,1-3H3,(H2,19,22). The highest BCUT2D eigenvalue weighted by Gasteiger charge is 2.24. The van der Waals surface area contributed by atoms with Crippen molar-refractivity contribution in [2.24, 2.45) is 5.73 Å². The topological polar surface area (TPSA) is 90.8 Å². The summed E-state index contributed by atoms with van der Waals surface area (Å²) in [4.78, 5) is 13.2. The lowest BCUT2D eigenvalue weighted by Gasteiger charge is -2.22. The van der Waals surface area contributed by atoms with E-state index in [9.17, 15) is 4.79 Å². The molecule has 0 atom stereocenters. The van der Waals surface area contributed by atoms with Gasteiger partial charge in [-0.2, -0.15) is 0 Å². The molecular formula is C17H22ClN3O4. The van der Waals surface area contributed by atoms with Crippen molar-refractivity contribution in [2.75, 3.05) is 18.1 Å². The summed E-state index contributed by atoms with van der Waals surface area (Å²) in [5, 5.41) is 4.20. The van der Waals surface area contributed by atoms with Gasteiger partial charge in [0.05, 0.1) is 23.9 Å². The fraction of sp³-hybridized carbons (Fsp3) is 0.412. The van der Waals surface area contributed by atoms with E-state index in [1.165, 1.54) is 4.90 Å². The van der Waals surface area contributed by atoms with Crippen molar-refractivity contribution in [3.05, 3.63) is 29.0 Å². The van der Waals surface area contributed by atoms with E-state index in [1.807, 2.05) is 13.8 Å². The minimum Gasteiger partial charge on any atom is -0.492 e. The molecule has 1 aromatic heterocycles. The minimum atomic E-state index is -0.729. The number of ether oxygens (including phenoxy) is 2. The van der Waals surface area contributed by atoms with Gasteiger partial charge in [-0.3, -0.25) is 0 Å². The minimum absolute atomic E-state index is 0.254. The molecule has 0 aliphatic rings. The summed E-state index contributed by atoms with van der Waals surface area (Å²) in [5.41, 5.74) is 5.93. The van der Waals surface area contributed by atoms with Crippen molar-refractivity contribution in [3.63, 3.8) is 0 Å². The predicted molar refractivity (Wildman–Crippen MR) is 96.0 cm³/mol. The third kappa shape index (κ3) is 4.57. The van der Waals surface area contributed by atoms with E-state index in [-0.39, 0.29) is 5.82 Å². The quantitative estimate of drug-likeness (QED) is 0.745. The summed E-state index contributed by atoms with van der Waals surface area (Å²) in [5.74, 6) is 1.71. The van der Waals surface area contributed by atoms with Crippen LogP contribution in [0.25, 0.3) is 0 Å². The Balaban J connectivity index is 2.51. The molecule has 0 saturated carbocycles. The molecule has 1 aromatic carbocycles. The molecule has 0 fully saturated rings. The SMILES string of the molecule is CCCOc1cc(OCCC)c(N(C(N)=O)c2cc(C)on2)cc1Cl. The Labute approximate surface area is 151 Å². The Morgan fingerprint density at radius 3 is 2.36 bits per heavy atom. The number of carbonyl (C=O) groups excluding carboxylic acids is 1. The highest BCUT2D eigenvalue weighted by Crippen LogP contribution is 2.41. The van der Waals surface area contributed by atoms with Gasteiger partial charge in [0, 0.05) is 12.1 Å². The highest BCUT2D eigenvalue weighted by atomic mass is 35.5. The molecule has 2 N–H and O–H groups in total. The lowest BCUT2D eigenvalue weighted by molar-refractivity contribution is 0.255. The number of urea groups is 1. The number of amides is 2. The first-order valence-electron chi connectivity index (χ1n) is 8.09. The first kappa shape index (κ1) is 18.9. The maximum Gasteiger partial charge on any atom is 0.325 e. The Hall–Kier alpha value is -2.41. The van der Waals surface area contributed by atoms with E-state index in [4.69, 9.17) is 31.3 Å². The summed E-state index contributed by atoms with van der Waals surface area (Å²) in [6.45, 7) is 6.69. The van der Waals surface area contributed by atoms with Crippen molar-refractivity contribution in [1.82, 2.24) is 5.16 Å². The van der Waals surface area contributed by atoms with Crippen molar-refractivity contribution < 1.29 is 18.8 Å². The predicted octanol–water partition coefficient (Wildman–Crippen LogP) is 4.43. The molecule has 0 aliphatic heterocycles. The average Bonchev–Trinajstić information content (AvgIpc) is 2.98. The second kappa shape index (κ2) is 8.62. The van der Waals surface area contributed by atoms with Gasteiger partial charge in [0.2, 0.25) is 0 Å². The Bertz CT molecular complexity index is 733. The van der Waals surface area contributed by atoms with Crippen LogP contribution in [-0.4, -0.2) is 24.4 Å². The van der Waals surface area contributed by atoms with E-state index in [0.29, 0.717) is 41.2 Å². The van der Waals surface area contributed by atoms with Crippen LogP contribution in [-0.2, 0) is 0 Å². The largest absolute Gasteiger partial charge is 0.492 e. The van der Waals surface area contributed by atoms with Crippen LogP contribution in [0.3, 0.4) is 0 Å². The number of nitrogens with zero attached hydrogens (tertiary/aromatic N) is 2. The molecule has 2 amide bonds. The van der Waals surface area contributed by atoms with Crippen molar-refractivity contribution in [3.8, 4) is 11.5 Å². The second-order valence-corrected chi connectivity index (χ2v) is 5.82. The molecular weight excluding hydrogens is 346 g/mol. The number of aryl methyl sites for hydroxylation is 1. The lowest BCUT2D eigenvalue weighted by Crippen LogP contribution is -2.32. The normalized spacial score (nSPS) is 10.6. The number of nitrogens with two attached hydrogens (primary N) is 1. The van der Waals surface area contributed by atoms with Crippen LogP contribution in [0.2, 0.25) is 5.02 Å². The zero-order valence-corrected chi connectivity index (χ0v) is 15.3. The first-order chi connectivity index (χ1) is 12.0. The maximum atomic E-state index is 12.0. The van der Waals surface area contributed by atoms with Crippen LogP contribution in [0.4, 0.5) is 16.3 Å². The van der Waals surface area contributed by atoms with Gasteiger partial charge in [0.1, 0.15) is 17.3 Å². The fourth-order valence-corrected chi connectivity index (χ4v) is 2.38. The molecule has 1 heterocycles. The number of hydrogen-bond donors (Lipinski definition) is 1. The van der Waals surface area contributed by atoms with E-state index >= 15 is 0 Å². The molecule has 8 heteroatoms. The van der Waals surface area contributed by atoms with Crippen LogP contribution in [0.1, 0.15) is 32.4 Å². The molecule has 0 radical (unpaired) electrons. The Morgan fingerprint density at radius 1 is 1.20 bits per heavy atom. The Kier molecular flexibility index (Phi) is 6.52. The number of anilines is 2. The van der Waals surface area contributed by atoms with Gasteiger partial charge < -0.3 is 19.7 Å². The lowest BCUT2D eigenvalue weighted by atomic mass is 10.2. The van der Waals surface area contributed by atoms with Gasteiger partial charge in [-0.15, -0.1) is 0 Å². The first-order valence-corrected chi connectivity index (χ1v) is 8.47. The summed E-state index contributed by atoms with van der Waals surface area (Å²) in [6.07, 6.45) is 1.64. The van der Waals surface area contributed by atoms with E-state index in [2.05, 4.69) is 5.16 Å². The molecule has 136 valence electrons. The fourth-order valence-electron chi connectivity index (χ4n) is 2.16. The van der Waals surface area contributed by atoms with Crippen molar-refractivity contribution in [2.45, 2.75) is 33.6 Å². The number of rotatable bonds is 8. The Morgan fingerprint density at radius 2 is 1.84 bits per heavy atom. The van der Waals surface area contributed by atoms with E-state index in [0.717, 1.165) is 12.8 Å². The van der Waals surface area contributed by atoms with Crippen LogP contribution < -0.4 is 20.1 Å². The third-order valence-electron chi connectivity index (χ3n) is 3.24. The van der Waals surface area contributed by atoms with Gasteiger partial charge in [-0.25, -0.2) is 9.69 Å². The molecule has 0 aliphatic carbocycles. The number of aromatic nitrogens is 1. The molecule has 2 rings (SSSR count). The van der Waals surface area contributed by atoms with Gasteiger partial charge in [-0.05, 0) is 25.8 Å². The van der Waals surface area contributed by atoms with E-state index in [1.54, 1.807) is 25.1 Å². The van der Waals surface area contributed by atoms with Crippen LogP contribution in [0.5, 0.6) is 11.5 Å². The number of hydrogen-bond acceptors (Lipinski definition) is 5. The smallest absolute Gasteiger partial charge is 0.325 e. The molecule has 25 heavy (non-hydrogen) atoms. The molecule has 0 saturated heterocycles. The monoisotopic (exact) mass is 367 g/mol. The maximum absolute atomic E-state index is 12.0. The van der Waals surface area contributed by atoms with Crippen LogP contribution >= 0.6 is 11.6 Å². The van der Waals surface area contributed by atoms with Gasteiger partial charge in [0.25, 0.3) is 0 Å². The zero-order valence-electron chi connectivity index (χ0n) is 14.5. The summed E-state index contributed by atoms with van der Waals surface area (Å²) >= 11 is 6.31. The number of halogens is 1. The van der Waals surface area contributed by atoms with Crippen molar-refractivity contribution in [1.29, 1.82) is 0 Å². The third-order valence-corrected chi connectivity index (χ3v) is 3.54. The molecule has 2 aromatic rings. The highest BCUT2D eigenvalue weighted by molar-refractivity contribution is 6.32. The number of carbonyl (C=O) groups is 1. The van der Waals surface area contributed by atoms with Gasteiger partial charge in [-0.1, -0.05) is 30.6 Å².